The minimum absolute atomic E-state index is 0.0366. The van der Waals surface area contributed by atoms with Gasteiger partial charge in [0.25, 0.3) is 0 Å². The number of amides is 2. The molecule has 2 aliphatic heterocycles. The number of piperazine rings is 1. The fourth-order valence-electron chi connectivity index (χ4n) is 2.17. The fourth-order valence-corrected chi connectivity index (χ4v) is 3.07. The zero-order chi connectivity index (χ0) is 13.0. The van der Waals surface area contributed by atoms with Crippen molar-refractivity contribution in [2.24, 2.45) is 0 Å². The van der Waals surface area contributed by atoms with Crippen molar-refractivity contribution in [1.82, 2.24) is 14.7 Å². The summed E-state index contributed by atoms with van der Waals surface area (Å²) in [6.07, 6.45) is 0. The summed E-state index contributed by atoms with van der Waals surface area (Å²) >= 11 is 1.56. The van der Waals surface area contributed by atoms with E-state index in [1.165, 1.54) is 0 Å². The molecule has 0 atom stereocenters. The van der Waals surface area contributed by atoms with E-state index in [2.05, 4.69) is 4.90 Å². The highest BCUT2D eigenvalue weighted by Crippen LogP contribution is 2.15. The lowest BCUT2D eigenvalue weighted by Gasteiger charge is -2.35. The summed E-state index contributed by atoms with van der Waals surface area (Å²) in [5, 5.41) is 8.84. The van der Waals surface area contributed by atoms with E-state index < -0.39 is 0 Å². The predicted octanol–water partition coefficient (Wildman–Crippen LogP) is -1.34. The van der Waals surface area contributed by atoms with Gasteiger partial charge in [-0.2, -0.15) is 0 Å². The third-order valence-electron chi connectivity index (χ3n) is 3.29. The molecule has 2 heterocycles. The van der Waals surface area contributed by atoms with Crippen LogP contribution in [0.2, 0.25) is 0 Å². The molecule has 0 aromatic heterocycles. The van der Waals surface area contributed by atoms with E-state index in [-0.39, 0.29) is 25.0 Å². The van der Waals surface area contributed by atoms with Crippen LogP contribution in [0.25, 0.3) is 0 Å². The average Bonchev–Trinajstić information content (AvgIpc) is 2.76. The topological polar surface area (TPSA) is 64.1 Å². The third kappa shape index (κ3) is 3.37. The Morgan fingerprint density at radius 2 is 2.00 bits per heavy atom. The van der Waals surface area contributed by atoms with E-state index in [9.17, 15) is 9.59 Å². The van der Waals surface area contributed by atoms with Crippen molar-refractivity contribution >= 4 is 23.6 Å². The number of thioether (sulfide) groups is 1. The quantitative estimate of drug-likeness (QED) is 0.686. The van der Waals surface area contributed by atoms with Gasteiger partial charge in [0.2, 0.25) is 11.8 Å². The van der Waals surface area contributed by atoms with Gasteiger partial charge in [-0.25, -0.2) is 0 Å². The number of hydrogen-bond acceptors (Lipinski definition) is 5. The van der Waals surface area contributed by atoms with Crippen LogP contribution in [-0.2, 0) is 9.59 Å². The Bertz CT molecular complexity index is 319. The Kier molecular flexibility index (Phi) is 4.85. The van der Waals surface area contributed by atoms with Gasteiger partial charge in [-0.05, 0) is 0 Å². The van der Waals surface area contributed by atoms with E-state index >= 15 is 0 Å². The number of aliphatic hydroxyl groups excluding tert-OH is 1. The van der Waals surface area contributed by atoms with Crippen LogP contribution in [0.5, 0.6) is 0 Å². The molecule has 2 rings (SSSR count). The second-order valence-electron chi connectivity index (χ2n) is 4.52. The molecule has 0 aromatic carbocycles. The van der Waals surface area contributed by atoms with Gasteiger partial charge in [0, 0.05) is 32.7 Å². The van der Waals surface area contributed by atoms with E-state index in [0.717, 1.165) is 13.1 Å². The van der Waals surface area contributed by atoms with Crippen LogP contribution in [-0.4, -0.2) is 89.1 Å². The van der Waals surface area contributed by atoms with Gasteiger partial charge in [-0.15, -0.1) is 11.8 Å². The maximum absolute atomic E-state index is 12.0. The molecule has 0 saturated carbocycles. The summed E-state index contributed by atoms with van der Waals surface area (Å²) in [6.45, 7) is 4.02. The Labute approximate surface area is 111 Å². The predicted molar refractivity (Wildman–Crippen MR) is 69.1 cm³/mol. The van der Waals surface area contributed by atoms with Crippen LogP contribution in [0.1, 0.15) is 0 Å². The molecule has 2 fully saturated rings. The molecule has 0 bridgehead atoms. The summed E-state index contributed by atoms with van der Waals surface area (Å²) < 4.78 is 0. The standard InChI is InChI=1S/C11H19N3O3S/c15-6-5-12-1-3-13(4-2-12)10(16)7-14-9-18-8-11(14)17/h15H,1-9H2. The number of rotatable bonds is 4. The van der Waals surface area contributed by atoms with Crippen molar-refractivity contribution in [3.63, 3.8) is 0 Å². The molecule has 2 saturated heterocycles. The molecular formula is C11H19N3O3S. The molecule has 0 unspecified atom stereocenters. The second-order valence-corrected chi connectivity index (χ2v) is 5.47. The van der Waals surface area contributed by atoms with Crippen molar-refractivity contribution in [2.45, 2.75) is 0 Å². The van der Waals surface area contributed by atoms with Crippen molar-refractivity contribution in [3.05, 3.63) is 0 Å². The van der Waals surface area contributed by atoms with Crippen molar-refractivity contribution in [2.75, 3.05) is 57.5 Å². The molecule has 0 aliphatic carbocycles. The number of carbonyl (C=O) groups is 2. The van der Waals surface area contributed by atoms with Crippen molar-refractivity contribution in [1.29, 1.82) is 0 Å². The number of hydrogen-bond donors (Lipinski definition) is 1. The zero-order valence-corrected chi connectivity index (χ0v) is 11.2. The van der Waals surface area contributed by atoms with Crippen LogP contribution in [0.4, 0.5) is 0 Å². The molecule has 102 valence electrons. The summed E-state index contributed by atoms with van der Waals surface area (Å²) in [4.78, 5) is 29.0. The second kappa shape index (κ2) is 6.40. The van der Waals surface area contributed by atoms with Crippen molar-refractivity contribution < 1.29 is 14.7 Å². The first-order valence-corrected chi connectivity index (χ1v) is 7.32. The van der Waals surface area contributed by atoms with E-state index in [4.69, 9.17) is 5.11 Å². The maximum Gasteiger partial charge on any atom is 0.242 e. The van der Waals surface area contributed by atoms with Crippen molar-refractivity contribution in [3.8, 4) is 0 Å². The molecule has 7 heteroatoms. The Morgan fingerprint density at radius 3 is 2.56 bits per heavy atom. The molecule has 0 aromatic rings. The summed E-state index contributed by atoms with van der Waals surface area (Å²) in [7, 11) is 0. The number of aliphatic hydroxyl groups is 1. The SMILES string of the molecule is O=C(CN1CSCC1=O)N1CCN(CCO)CC1. The largest absolute Gasteiger partial charge is 0.395 e. The first-order chi connectivity index (χ1) is 8.70. The highest BCUT2D eigenvalue weighted by atomic mass is 32.2. The third-order valence-corrected chi connectivity index (χ3v) is 4.24. The van der Waals surface area contributed by atoms with Crippen LogP contribution in [0, 0.1) is 0 Å². The van der Waals surface area contributed by atoms with Gasteiger partial charge in [0.1, 0.15) is 6.54 Å². The lowest BCUT2D eigenvalue weighted by Crippen LogP contribution is -2.51. The summed E-state index contributed by atoms with van der Waals surface area (Å²) in [6, 6.07) is 0. The van der Waals surface area contributed by atoms with Gasteiger partial charge in [-0.1, -0.05) is 0 Å². The van der Waals surface area contributed by atoms with Gasteiger partial charge >= 0.3 is 0 Å². The first kappa shape index (κ1) is 13.6. The Balaban J connectivity index is 1.75. The average molecular weight is 273 g/mol. The monoisotopic (exact) mass is 273 g/mol. The lowest BCUT2D eigenvalue weighted by atomic mass is 10.3. The van der Waals surface area contributed by atoms with E-state index in [1.54, 1.807) is 16.7 Å². The van der Waals surface area contributed by atoms with Gasteiger partial charge in [-0.3, -0.25) is 14.5 Å². The lowest BCUT2D eigenvalue weighted by molar-refractivity contribution is -0.139. The molecule has 2 amide bonds. The molecule has 0 radical (unpaired) electrons. The number of β-amino-alcohol motifs (C(OH)–C–C–N with tert-alkyl or cyclic N) is 1. The highest BCUT2D eigenvalue weighted by molar-refractivity contribution is 8.00. The summed E-state index contributed by atoms with van der Waals surface area (Å²) in [5.74, 6) is 1.23. The molecule has 6 nitrogen and oxygen atoms in total. The van der Waals surface area contributed by atoms with E-state index in [1.807, 2.05) is 4.90 Å². The van der Waals surface area contributed by atoms with Gasteiger partial charge in [0.15, 0.2) is 0 Å². The van der Waals surface area contributed by atoms with Gasteiger partial charge in [0.05, 0.1) is 18.2 Å². The van der Waals surface area contributed by atoms with Gasteiger partial charge < -0.3 is 14.9 Å². The minimum atomic E-state index is 0.0366. The highest BCUT2D eigenvalue weighted by Gasteiger charge is 2.26. The minimum Gasteiger partial charge on any atom is -0.395 e. The van der Waals surface area contributed by atoms with Crippen LogP contribution in [0.15, 0.2) is 0 Å². The zero-order valence-electron chi connectivity index (χ0n) is 10.4. The first-order valence-electron chi connectivity index (χ1n) is 6.17. The number of carbonyl (C=O) groups excluding carboxylic acids is 2. The maximum atomic E-state index is 12.0. The summed E-state index contributed by atoms with van der Waals surface area (Å²) in [5.41, 5.74) is 0. The Hall–Kier alpha value is -0.790. The van der Waals surface area contributed by atoms with Crippen LogP contribution < -0.4 is 0 Å². The molecule has 0 spiro atoms. The number of nitrogens with zero attached hydrogens (tertiary/aromatic N) is 3. The molecule has 2 aliphatic rings. The van der Waals surface area contributed by atoms with Crippen LogP contribution in [0.3, 0.4) is 0 Å². The van der Waals surface area contributed by atoms with Crippen LogP contribution >= 0.6 is 11.8 Å². The molecular weight excluding hydrogens is 254 g/mol. The fraction of sp³-hybridized carbons (Fsp3) is 0.818. The van der Waals surface area contributed by atoms with E-state index in [0.29, 0.717) is 31.3 Å². The Morgan fingerprint density at radius 1 is 1.28 bits per heavy atom. The molecule has 18 heavy (non-hydrogen) atoms. The smallest absolute Gasteiger partial charge is 0.242 e. The molecule has 1 N–H and O–H groups in total. The normalized spacial score (nSPS) is 21.7.